The zero-order valence-electron chi connectivity index (χ0n) is 39.5. The summed E-state index contributed by atoms with van der Waals surface area (Å²) in [6.07, 6.45) is 63.9. The summed E-state index contributed by atoms with van der Waals surface area (Å²) in [5.41, 5.74) is 0. The Kier molecular flexibility index (Phi) is 48.9. The normalized spacial score (nSPS) is 12.4. The molecule has 1 N–H and O–H groups in total. The van der Waals surface area contributed by atoms with Crippen LogP contribution in [0.2, 0.25) is 0 Å². The average molecular weight is 829 g/mol. The number of carbonyl (C=O) groups is 2. The number of carbonyl (C=O) groups excluding carboxylic acids is 2. The molecule has 5 heteroatoms. The van der Waals surface area contributed by atoms with E-state index in [2.05, 4.69) is 50.3 Å². The maximum Gasteiger partial charge on any atom is 0.306 e. The maximum absolute atomic E-state index is 12.2. The first kappa shape index (κ1) is 57.1. The summed E-state index contributed by atoms with van der Waals surface area (Å²) in [6.45, 7) is 4.15. The van der Waals surface area contributed by atoms with Crippen molar-refractivity contribution in [3.63, 3.8) is 0 Å². The van der Waals surface area contributed by atoms with Gasteiger partial charge in [0, 0.05) is 12.8 Å². The van der Waals surface area contributed by atoms with E-state index >= 15 is 0 Å². The Morgan fingerprint density at radius 1 is 0.390 bits per heavy atom. The van der Waals surface area contributed by atoms with Gasteiger partial charge in [-0.05, 0) is 70.6 Å². The van der Waals surface area contributed by atoms with Crippen molar-refractivity contribution in [3.05, 3.63) is 36.5 Å². The summed E-state index contributed by atoms with van der Waals surface area (Å²) < 4.78 is 10.7. The molecule has 0 radical (unpaired) electrons. The zero-order chi connectivity index (χ0) is 42.8. The molecule has 0 heterocycles. The lowest BCUT2D eigenvalue weighted by Crippen LogP contribution is -2.28. The van der Waals surface area contributed by atoms with Crippen LogP contribution in [-0.4, -0.2) is 36.4 Å². The van der Waals surface area contributed by atoms with Crippen LogP contribution in [0.5, 0.6) is 0 Å². The minimum atomic E-state index is -0.774. The largest absolute Gasteiger partial charge is 0.462 e. The maximum atomic E-state index is 12.2. The van der Waals surface area contributed by atoms with E-state index in [4.69, 9.17) is 9.47 Å². The number of rotatable bonds is 48. The second-order valence-electron chi connectivity index (χ2n) is 17.6. The van der Waals surface area contributed by atoms with E-state index in [9.17, 15) is 14.7 Å². The molecule has 0 aliphatic rings. The van der Waals surface area contributed by atoms with Gasteiger partial charge in [0.05, 0.1) is 6.61 Å². The molecule has 346 valence electrons. The predicted octanol–water partition coefficient (Wildman–Crippen LogP) is 17.1. The molecular formula is C54H100O5. The summed E-state index contributed by atoms with van der Waals surface area (Å²) in [5, 5.41) is 9.62. The molecule has 0 aromatic rings. The minimum absolute atomic E-state index is 0.0661. The van der Waals surface area contributed by atoms with Crippen LogP contribution in [0, 0.1) is 0 Å². The van der Waals surface area contributed by atoms with Gasteiger partial charge in [-0.1, -0.05) is 230 Å². The van der Waals surface area contributed by atoms with Gasteiger partial charge in [0.2, 0.25) is 0 Å². The van der Waals surface area contributed by atoms with Crippen molar-refractivity contribution in [2.75, 3.05) is 13.2 Å². The average Bonchev–Trinajstić information content (AvgIpc) is 3.24. The highest BCUT2D eigenvalue weighted by Crippen LogP contribution is 2.16. The van der Waals surface area contributed by atoms with Gasteiger partial charge in [-0.25, -0.2) is 0 Å². The molecule has 0 saturated heterocycles. The van der Waals surface area contributed by atoms with Crippen molar-refractivity contribution in [1.29, 1.82) is 0 Å². The van der Waals surface area contributed by atoms with Crippen LogP contribution in [0.1, 0.15) is 277 Å². The predicted molar refractivity (Wildman–Crippen MR) is 256 cm³/mol. The number of hydrogen-bond donors (Lipinski definition) is 1. The third-order valence-corrected chi connectivity index (χ3v) is 11.7. The molecule has 1 atom stereocenters. The second-order valence-corrected chi connectivity index (χ2v) is 17.6. The van der Waals surface area contributed by atoms with E-state index in [1.165, 1.54) is 199 Å². The van der Waals surface area contributed by atoms with Gasteiger partial charge in [0.15, 0.2) is 6.10 Å². The number of unbranched alkanes of at least 4 members (excludes halogenated alkanes) is 34. The summed E-state index contributed by atoms with van der Waals surface area (Å²) in [4.78, 5) is 24.4. The van der Waals surface area contributed by atoms with Crippen molar-refractivity contribution in [2.45, 2.75) is 283 Å². The smallest absolute Gasteiger partial charge is 0.306 e. The van der Waals surface area contributed by atoms with E-state index in [0.717, 1.165) is 51.4 Å². The SMILES string of the molecule is CCCCCC/C=C\C/C=C\CCCCCCCCCC(=O)OC(CO)COC(=O)CCCCCCCCCCCCCCCCC/C=C\CCCCCCCCCC. The van der Waals surface area contributed by atoms with Crippen molar-refractivity contribution < 1.29 is 24.2 Å². The van der Waals surface area contributed by atoms with E-state index in [0.29, 0.717) is 12.8 Å². The van der Waals surface area contributed by atoms with Crippen molar-refractivity contribution in [3.8, 4) is 0 Å². The fourth-order valence-corrected chi connectivity index (χ4v) is 7.70. The molecule has 0 aliphatic carbocycles. The molecule has 0 saturated carbocycles. The van der Waals surface area contributed by atoms with Crippen LogP contribution >= 0.6 is 0 Å². The lowest BCUT2D eigenvalue weighted by Gasteiger charge is -2.15. The van der Waals surface area contributed by atoms with Crippen LogP contribution in [0.25, 0.3) is 0 Å². The van der Waals surface area contributed by atoms with E-state index in [1.807, 2.05) is 0 Å². The molecule has 5 nitrogen and oxygen atoms in total. The van der Waals surface area contributed by atoms with Gasteiger partial charge in [-0.15, -0.1) is 0 Å². The third-order valence-electron chi connectivity index (χ3n) is 11.7. The number of allylic oxidation sites excluding steroid dienone is 6. The van der Waals surface area contributed by atoms with Crippen LogP contribution in [0.15, 0.2) is 36.5 Å². The Bertz CT molecular complexity index is 939. The summed E-state index contributed by atoms with van der Waals surface area (Å²) >= 11 is 0. The van der Waals surface area contributed by atoms with E-state index in [-0.39, 0.29) is 25.2 Å². The Hall–Kier alpha value is -1.88. The molecule has 0 fully saturated rings. The Morgan fingerprint density at radius 3 is 1.03 bits per heavy atom. The van der Waals surface area contributed by atoms with Crippen LogP contribution in [0.3, 0.4) is 0 Å². The number of aliphatic hydroxyl groups excluding tert-OH is 1. The summed E-state index contributed by atoms with van der Waals surface area (Å²) in [7, 11) is 0. The summed E-state index contributed by atoms with van der Waals surface area (Å²) in [5.74, 6) is -0.588. The highest BCUT2D eigenvalue weighted by atomic mass is 16.6. The Morgan fingerprint density at radius 2 is 0.678 bits per heavy atom. The van der Waals surface area contributed by atoms with Crippen LogP contribution in [-0.2, 0) is 19.1 Å². The zero-order valence-corrected chi connectivity index (χ0v) is 39.5. The molecule has 0 rings (SSSR count). The molecule has 1 unspecified atom stereocenters. The van der Waals surface area contributed by atoms with Crippen LogP contribution in [0.4, 0.5) is 0 Å². The number of esters is 2. The van der Waals surface area contributed by atoms with Crippen molar-refractivity contribution in [1.82, 2.24) is 0 Å². The van der Waals surface area contributed by atoms with Gasteiger partial charge < -0.3 is 14.6 Å². The molecule has 0 amide bonds. The van der Waals surface area contributed by atoms with Gasteiger partial charge in [0.1, 0.15) is 6.61 Å². The van der Waals surface area contributed by atoms with Gasteiger partial charge in [0.25, 0.3) is 0 Å². The molecule has 0 spiro atoms. The van der Waals surface area contributed by atoms with E-state index < -0.39 is 6.10 Å². The minimum Gasteiger partial charge on any atom is -0.462 e. The van der Waals surface area contributed by atoms with Crippen molar-refractivity contribution in [2.24, 2.45) is 0 Å². The molecular weight excluding hydrogens is 729 g/mol. The first-order valence-corrected chi connectivity index (χ1v) is 26.0. The highest BCUT2D eigenvalue weighted by Gasteiger charge is 2.16. The molecule has 0 aromatic heterocycles. The first-order valence-electron chi connectivity index (χ1n) is 26.0. The topological polar surface area (TPSA) is 72.8 Å². The molecule has 0 aliphatic heterocycles. The molecule has 0 aromatic carbocycles. The second kappa shape index (κ2) is 50.5. The molecule has 59 heavy (non-hydrogen) atoms. The summed E-state index contributed by atoms with van der Waals surface area (Å²) in [6, 6.07) is 0. The first-order chi connectivity index (χ1) is 29.1. The fourth-order valence-electron chi connectivity index (χ4n) is 7.70. The molecule has 0 bridgehead atoms. The lowest BCUT2D eigenvalue weighted by molar-refractivity contribution is -0.161. The number of hydrogen-bond acceptors (Lipinski definition) is 5. The highest BCUT2D eigenvalue weighted by molar-refractivity contribution is 5.70. The van der Waals surface area contributed by atoms with Gasteiger partial charge in [-0.3, -0.25) is 9.59 Å². The standard InChI is InChI=1S/C54H100O5/c1-3-5-7-9-11-13-15-17-19-21-23-24-25-26-27-28-29-30-31-33-34-36-38-40-42-44-46-48-53(56)58-51-52(50-55)59-54(57)49-47-45-43-41-39-37-35-32-22-20-18-16-14-12-10-8-6-4-2/h14,16,20-23,52,55H,3-13,15,17-19,24-51H2,1-2H3/b16-14-,22-20-,23-21-. The number of ether oxygens (including phenoxy) is 2. The Labute approximate surface area is 367 Å². The quantitative estimate of drug-likeness (QED) is 0.0376. The monoisotopic (exact) mass is 829 g/mol. The van der Waals surface area contributed by atoms with E-state index in [1.54, 1.807) is 0 Å². The Balaban J connectivity index is 3.46. The van der Waals surface area contributed by atoms with Crippen LogP contribution < -0.4 is 0 Å². The fraction of sp³-hybridized carbons (Fsp3) is 0.852. The van der Waals surface area contributed by atoms with Gasteiger partial charge >= 0.3 is 11.9 Å². The van der Waals surface area contributed by atoms with Crippen molar-refractivity contribution >= 4 is 11.9 Å². The number of aliphatic hydroxyl groups is 1. The van der Waals surface area contributed by atoms with Gasteiger partial charge in [-0.2, -0.15) is 0 Å². The lowest BCUT2D eigenvalue weighted by atomic mass is 10.0. The third kappa shape index (κ3) is 48.7.